The Balaban J connectivity index is 2.19. The summed E-state index contributed by atoms with van der Waals surface area (Å²) in [5, 5.41) is 20.6. The van der Waals surface area contributed by atoms with Crippen LogP contribution in [-0.2, 0) is 0 Å². The first-order chi connectivity index (χ1) is 9.66. The molecule has 0 unspecified atom stereocenters. The number of benzene rings is 1. The van der Waals surface area contributed by atoms with Crippen LogP contribution < -0.4 is 5.56 Å². The molecule has 1 aromatic carbocycles. The standard InChI is InChI=1S/C12H7ClN4O2S/c13-7-3-1-2-6-8(7)15-11(19)9(10(6)18)16-17-12-14-4-5-20-12/h1-5H,(H2,15,18,19). The first-order valence-electron chi connectivity index (χ1n) is 5.51. The van der Waals surface area contributed by atoms with Gasteiger partial charge >= 0.3 is 0 Å². The highest BCUT2D eigenvalue weighted by Crippen LogP contribution is 2.33. The zero-order valence-electron chi connectivity index (χ0n) is 9.87. The summed E-state index contributed by atoms with van der Waals surface area (Å²) in [6.45, 7) is 0. The fraction of sp³-hybridized carbons (Fsp3) is 0. The van der Waals surface area contributed by atoms with E-state index in [1.54, 1.807) is 29.8 Å². The van der Waals surface area contributed by atoms with E-state index in [0.717, 1.165) is 0 Å². The summed E-state index contributed by atoms with van der Waals surface area (Å²) in [7, 11) is 0. The van der Waals surface area contributed by atoms with Gasteiger partial charge in [-0.2, -0.15) is 0 Å². The molecule has 2 aromatic heterocycles. The fourth-order valence-electron chi connectivity index (χ4n) is 1.71. The normalized spacial score (nSPS) is 11.4. The minimum absolute atomic E-state index is 0.171. The summed E-state index contributed by atoms with van der Waals surface area (Å²) in [6, 6.07) is 4.93. The summed E-state index contributed by atoms with van der Waals surface area (Å²) in [6.07, 6.45) is 1.57. The molecule has 3 aromatic rings. The van der Waals surface area contributed by atoms with Crippen molar-refractivity contribution >= 4 is 44.7 Å². The Bertz CT molecular complexity index is 858. The summed E-state index contributed by atoms with van der Waals surface area (Å²) in [4.78, 5) is 18.4. The summed E-state index contributed by atoms with van der Waals surface area (Å²) >= 11 is 7.24. The lowest BCUT2D eigenvalue weighted by Crippen LogP contribution is -2.05. The Hall–Kier alpha value is -2.25. The van der Waals surface area contributed by atoms with Gasteiger partial charge in [-0.25, -0.2) is 4.98 Å². The number of aromatic nitrogens is 2. The Morgan fingerprint density at radius 3 is 2.95 bits per heavy atom. The SMILES string of the molecule is O=c1[nH]c2c(Cl)cccc2c(O)c1N=Nc1nccs1. The third-order valence-electron chi connectivity index (χ3n) is 2.60. The summed E-state index contributed by atoms with van der Waals surface area (Å²) < 4.78 is 0. The number of nitrogens with zero attached hydrogens (tertiary/aromatic N) is 3. The maximum atomic E-state index is 11.9. The number of nitrogens with one attached hydrogen (secondary N) is 1. The molecule has 2 heterocycles. The molecule has 6 nitrogen and oxygen atoms in total. The second kappa shape index (κ2) is 5.03. The Kier molecular flexibility index (Phi) is 3.21. The predicted molar refractivity (Wildman–Crippen MR) is 77.5 cm³/mol. The highest BCUT2D eigenvalue weighted by Gasteiger charge is 2.13. The number of para-hydroxylation sites is 1. The van der Waals surface area contributed by atoms with Crippen molar-refractivity contribution in [3.8, 4) is 5.75 Å². The van der Waals surface area contributed by atoms with Gasteiger partial charge in [0.15, 0.2) is 11.4 Å². The molecule has 0 atom stereocenters. The zero-order chi connectivity index (χ0) is 14.1. The number of pyridine rings is 1. The molecule has 0 radical (unpaired) electrons. The van der Waals surface area contributed by atoms with Crippen molar-refractivity contribution in [3.63, 3.8) is 0 Å². The van der Waals surface area contributed by atoms with Crippen LogP contribution in [0.4, 0.5) is 10.8 Å². The van der Waals surface area contributed by atoms with Crippen molar-refractivity contribution in [2.45, 2.75) is 0 Å². The van der Waals surface area contributed by atoms with E-state index in [-0.39, 0.29) is 11.4 Å². The second-order valence-electron chi connectivity index (χ2n) is 3.83. The number of rotatable bonds is 2. The van der Waals surface area contributed by atoms with E-state index in [9.17, 15) is 9.90 Å². The number of aromatic hydroxyl groups is 1. The Morgan fingerprint density at radius 2 is 2.20 bits per heavy atom. The van der Waals surface area contributed by atoms with Crippen molar-refractivity contribution in [2.24, 2.45) is 10.2 Å². The molecule has 8 heteroatoms. The molecule has 100 valence electrons. The number of halogens is 1. The molecule has 0 spiro atoms. The van der Waals surface area contributed by atoms with E-state index < -0.39 is 5.56 Å². The average molecular weight is 307 g/mol. The van der Waals surface area contributed by atoms with Crippen LogP contribution in [0.25, 0.3) is 10.9 Å². The lowest BCUT2D eigenvalue weighted by atomic mass is 10.2. The first-order valence-corrected chi connectivity index (χ1v) is 6.77. The number of hydrogen-bond donors (Lipinski definition) is 2. The number of fused-ring (bicyclic) bond motifs is 1. The minimum Gasteiger partial charge on any atom is -0.505 e. The largest absolute Gasteiger partial charge is 0.505 e. The van der Waals surface area contributed by atoms with E-state index in [1.165, 1.54) is 11.3 Å². The maximum absolute atomic E-state index is 11.9. The van der Waals surface area contributed by atoms with Gasteiger partial charge in [0, 0.05) is 17.0 Å². The van der Waals surface area contributed by atoms with E-state index >= 15 is 0 Å². The van der Waals surface area contributed by atoms with Crippen molar-refractivity contribution in [1.82, 2.24) is 9.97 Å². The Morgan fingerprint density at radius 1 is 1.35 bits per heavy atom. The van der Waals surface area contributed by atoms with Crippen LogP contribution in [0, 0.1) is 0 Å². The van der Waals surface area contributed by atoms with Gasteiger partial charge in [0.05, 0.1) is 10.5 Å². The molecular weight excluding hydrogens is 300 g/mol. The van der Waals surface area contributed by atoms with Crippen LogP contribution in [0.5, 0.6) is 5.75 Å². The second-order valence-corrected chi connectivity index (χ2v) is 5.11. The van der Waals surface area contributed by atoms with Crippen LogP contribution in [-0.4, -0.2) is 15.1 Å². The van der Waals surface area contributed by atoms with E-state index in [0.29, 0.717) is 21.1 Å². The number of aromatic amines is 1. The molecule has 0 saturated heterocycles. The van der Waals surface area contributed by atoms with Crippen molar-refractivity contribution in [3.05, 3.63) is 45.2 Å². The van der Waals surface area contributed by atoms with Crippen LogP contribution in [0.2, 0.25) is 5.02 Å². The zero-order valence-corrected chi connectivity index (χ0v) is 11.4. The highest BCUT2D eigenvalue weighted by atomic mass is 35.5. The molecule has 0 aliphatic rings. The molecule has 0 aliphatic carbocycles. The maximum Gasteiger partial charge on any atom is 0.280 e. The molecule has 0 amide bonds. The molecule has 0 bridgehead atoms. The van der Waals surface area contributed by atoms with Gasteiger partial charge in [-0.15, -0.1) is 21.6 Å². The van der Waals surface area contributed by atoms with Gasteiger partial charge < -0.3 is 10.1 Å². The lowest BCUT2D eigenvalue weighted by molar-refractivity contribution is 0.481. The molecule has 0 fully saturated rings. The third-order valence-corrected chi connectivity index (χ3v) is 3.57. The van der Waals surface area contributed by atoms with Crippen molar-refractivity contribution in [1.29, 1.82) is 0 Å². The number of azo groups is 1. The third kappa shape index (κ3) is 2.17. The van der Waals surface area contributed by atoms with Gasteiger partial charge in [0.25, 0.3) is 5.56 Å². The quantitative estimate of drug-likeness (QED) is 0.706. The monoisotopic (exact) mass is 306 g/mol. The molecule has 3 rings (SSSR count). The van der Waals surface area contributed by atoms with Crippen LogP contribution in [0.1, 0.15) is 0 Å². The van der Waals surface area contributed by atoms with Gasteiger partial charge in [0.2, 0.25) is 5.13 Å². The van der Waals surface area contributed by atoms with Crippen LogP contribution in [0.15, 0.2) is 44.8 Å². The van der Waals surface area contributed by atoms with Gasteiger partial charge in [0.1, 0.15) is 0 Å². The lowest BCUT2D eigenvalue weighted by Gasteiger charge is -2.04. The smallest absolute Gasteiger partial charge is 0.280 e. The predicted octanol–water partition coefficient (Wildman–Crippen LogP) is 3.76. The summed E-state index contributed by atoms with van der Waals surface area (Å²) in [5.41, 5.74) is -0.372. The molecule has 20 heavy (non-hydrogen) atoms. The number of hydrogen-bond acceptors (Lipinski definition) is 6. The van der Waals surface area contributed by atoms with Crippen molar-refractivity contribution in [2.75, 3.05) is 0 Å². The topological polar surface area (TPSA) is 90.7 Å². The van der Waals surface area contributed by atoms with Gasteiger partial charge in [-0.3, -0.25) is 4.79 Å². The van der Waals surface area contributed by atoms with Gasteiger partial charge in [-0.1, -0.05) is 17.7 Å². The van der Waals surface area contributed by atoms with Crippen LogP contribution in [0.3, 0.4) is 0 Å². The first kappa shape index (κ1) is 12.8. The van der Waals surface area contributed by atoms with Crippen molar-refractivity contribution < 1.29 is 5.11 Å². The number of thiazole rings is 1. The van der Waals surface area contributed by atoms with Gasteiger partial charge in [-0.05, 0) is 12.1 Å². The van der Waals surface area contributed by atoms with Crippen LogP contribution >= 0.6 is 22.9 Å². The fourth-order valence-corrected chi connectivity index (χ4v) is 2.38. The summed E-state index contributed by atoms with van der Waals surface area (Å²) in [5.74, 6) is -0.258. The molecular formula is C12H7ClN4O2S. The van der Waals surface area contributed by atoms with E-state index in [4.69, 9.17) is 11.6 Å². The average Bonchev–Trinajstić information content (AvgIpc) is 2.93. The minimum atomic E-state index is -0.566. The molecule has 0 saturated carbocycles. The number of H-pyrrole nitrogens is 1. The van der Waals surface area contributed by atoms with E-state index in [2.05, 4.69) is 20.2 Å². The Labute approximate surface area is 121 Å². The van der Waals surface area contributed by atoms with E-state index in [1.807, 2.05) is 0 Å². The highest BCUT2D eigenvalue weighted by molar-refractivity contribution is 7.13. The molecule has 2 N–H and O–H groups in total. The molecule has 0 aliphatic heterocycles.